The monoisotopic (exact) mass is 351 g/mol. The molecule has 0 saturated heterocycles. The summed E-state index contributed by atoms with van der Waals surface area (Å²) >= 11 is 1.76. The van der Waals surface area contributed by atoms with Crippen molar-refractivity contribution in [2.24, 2.45) is 0 Å². The fourth-order valence-corrected chi connectivity index (χ4v) is 4.77. The number of aryl methyl sites for hydroxylation is 1. The molecule has 0 bridgehead atoms. The molecule has 1 aliphatic rings. The second-order valence-corrected chi connectivity index (χ2v) is 7.55. The maximum absolute atomic E-state index is 13.1. The van der Waals surface area contributed by atoms with Crippen molar-refractivity contribution in [1.29, 1.82) is 0 Å². The highest BCUT2D eigenvalue weighted by Gasteiger charge is 2.26. The minimum atomic E-state index is -0.0714. The summed E-state index contributed by atoms with van der Waals surface area (Å²) in [4.78, 5) is 18.7. The lowest BCUT2D eigenvalue weighted by Crippen LogP contribution is -2.28. The number of thiophene rings is 1. The van der Waals surface area contributed by atoms with Crippen molar-refractivity contribution in [3.05, 3.63) is 70.6 Å². The molecule has 3 aromatic rings. The van der Waals surface area contributed by atoms with Gasteiger partial charge in [0, 0.05) is 29.7 Å². The van der Waals surface area contributed by atoms with Crippen LogP contribution in [0.1, 0.15) is 52.2 Å². The number of hydrogen-bond donors (Lipinski definition) is 1. The first-order chi connectivity index (χ1) is 12.2. The lowest BCUT2D eigenvalue weighted by Gasteiger charge is -2.17. The Bertz CT molecular complexity index is 868. The number of nitrogens with one attached hydrogen (secondary N) is 1. The van der Waals surface area contributed by atoms with Gasteiger partial charge in [0.2, 0.25) is 0 Å². The summed E-state index contributed by atoms with van der Waals surface area (Å²) in [6, 6.07) is 7.82. The third-order valence-electron chi connectivity index (χ3n) is 4.75. The van der Waals surface area contributed by atoms with Gasteiger partial charge in [-0.25, -0.2) is 0 Å². The summed E-state index contributed by atoms with van der Waals surface area (Å²) in [5.41, 5.74) is 3.12. The molecular weight excluding hydrogens is 330 g/mol. The smallest absolute Gasteiger partial charge is 0.255 e. The summed E-state index contributed by atoms with van der Waals surface area (Å²) in [5.74, 6) is 0.0134. The average molecular weight is 351 g/mol. The largest absolute Gasteiger partial charge is 0.345 e. The van der Waals surface area contributed by atoms with Gasteiger partial charge in [0.1, 0.15) is 5.00 Å². The molecule has 1 atom stereocenters. The molecule has 4 rings (SSSR count). The van der Waals surface area contributed by atoms with Crippen LogP contribution in [0.5, 0.6) is 0 Å². The Balaban J connectivity index is 1.69. The Hall–Kier alpha value is -2.40. The highest BCUT2D eigenvalue weighted by molar-refractivity contribution is 7.15. The predicted octanol–water partition coefficient (Wildman–Crippen LogP) is 4.30. The summed E-state index contributed by atoms with van der Waals surface area (Å²) in [6.07, 6.45) is 12.0. The maximum atomic E-state index is 13.1. The summed E-state index contributed by atoms with van der Waals surface area (Å²) in [7, 11) is 0. The van der Waals surface area contributed by atoms with Gasteiger partial charge < -0.3 is 9.88 Å². The Kier molecular flexibility index (Phi) is 4.40. The van der Waals surface area contributed by atoms with Crippen molar-refractivity contribution in [3.63, 3.8) is 0 Å². The van der Waals surface area contributed by atoms with E-state index in [2.05, 4.69) is 14.9 Å². The van der Waals surface area contributed by atoms with E-state index in [0.717, 1.165) is 35.4 Å². The van der Waals surface area contributed by atoms with Crippen LogP contribution in [0.2, 0.25) is 0 Å². The van der Waals surface area contributed by atoms with Crippen molar-refractivity contribution < 1.29 is 4.79 Å². The highest BCUT2D eigenvalue weighted by atomic mass is 32.1. The third kappa shape index (κ3) is 3.12. The summed E-state index contributed by atoms with van der Waals surface area (Å²) < 4.78 is 2.06. The fraction of sp³-hybridized carbons (Fsp3) is 0.300. The van der Waals surface area contributed by atoms with Gasteiger partial charge in [-0.1, -0.05) is 6.07 Å². The van der Waals surface area contributed by atoms with Gasteiger partial charge in [0.15, 0.2) is 0 Å². The van der Waals surface area contributed by atoms with E-state index in [1.54, 1.807) is 23.7 Å². The molecule has 1 N–H and O–H groups in total. The molecule has 0 radical (unpaired) electrons. The molecule has 1 aliphatic carbocycles. The fourth-order valence-electron chi connectivity index (χ4n) is 3.42. The molecule has 1 amide bonds. The van der Waals surface area contributed by atoms with Crippen molar-refractivity contribution in [3.8, 4) is 5.00 Å². The van der Waals surface area contributed by atoms with Gasteiger partial charge in [0.05, 0.1) is 11.6 Å². The summed E-state index contributed by atoms with van der Waals surface area (Å²) in [6.45, 7) is 2.00. The zero-order valence-corrected chi connectivity index (χ0v) is 15.1. The molecule has 3 aromatic heterocycles. The Morgan fingerprint density at radius 2 is 2.04 bits per heavy atom. The lowest BCUT2D eigenvalue weighted by atomic mass is 9.95. The van der Waals surface area contributed by atoms with Crippen LogP contribution in [0, 0.1) is 0 Å². The average Bonchev–Trinajstić information content (AvgIpc) is 3.29. The number of amides is 1. The second-order valence-electron chi connectivity index (χ2n) is 6.46. The van der Waals surface area contributed by atoms with Crippen LogP contribution in [0.3, 0.4) is 0 Å². The van der Waals surface area contributed by atoms with E-state index in [4.69, 9.17) is 0 Å². The molecule has 0 saturated carbocycles. The van der Waals surface area contributed by atoms with Crippen LogP contribution in [0.25, 0.3) is 5.00 Å². The van der Waals surface area contributed by atoms with E-state index in [-0.39, 0.29) is 11.9 Å². The molecular formula is C20H21N3OS. The Morgan fingerprint density at radius 1 is 1.24 bits per heavy atom. The standard InChI is InChI=1S/C20H21N3OS/c1-14(15-7-6-10-21-13-15)22-19(24)18-16-8-2-3-9-17(16)25-20(18)23-11-4-5-12-23/h4-7,10-14H,2-3,8-9H2,1H3,(H,22,24). The number of hydrogen-bond acceptors (Lipinski definition) is 3. The minimum Gasteiger partial charge on any atom is -0.345 e. The first-order valence-corrected chi connectivity index (χ1v) is 9.54. The van der Waals surface area contributed by atoms with Crippen molar-refractivity contribution in [1.82, 2.24) is 14.9 Å². The normalized spacial score (nSPS) is 14.8. The first kappa shape index (κ1) is 16.1. The quantitative estimate of drug-likeness (QED) is 0.761. The Labute approximate surface area is 151 Å². The molecule has 4 nitrogen and oxygen atoms in total. The van der Waals surface area contributed by atoms with Crippen LogP contribution < -0.4 is 5.32 Å². The predicted molar refractivity (Wildman–Crippen MR) is 100 cm³/mol. The van der Waals surface area contributed by atoms with Gasteiger partial charge in [-0.05, 0) is 61.9 Å². The molecule has 0 aromatic carbocycles. The molecule has 0 fully saturated rings. The van der Waals surface area contributed by atoms with E-state index in [9.17, 15) is 4.79 Å². The molecule has 0 spiro atoms. The van der Waals surface area contributed by atoms with Gasteiger partial charge in [0.25, 0.3) is 5.91 Å². The van der Waals surface area contributed by atoms with Crippen LogP contribution in [0.15, 0.2) is 49.1 Å². The van der Waals surface area contributed by atoms with Crippen molar-refractivity contribution in [2.45, 2.75) is 38.6 Å². The van der Waals surface area contributed by atoms with E-state index in [1.165, 1.54) is 16.9 Å². The zero-order chi connectivity index (χ0) is 17.2. The molecule has 0 aliphatic heterocycles. The molecule has 128 valence electrons. The third-order valence-corrected chi connectivity index (χ3v) is 6.06. The first-order valence-electron chi connectivity index (χ1n) is 8.72. The Morgan fingerprint density at radius 3 is 2.80 bits per heavy atom. The van der Waals surface area contributed by atoms with E-state index in [1.807, 2.05) is 43.6 Å². The van der Waals surface area contributed by atoms with Crippen molar-refractivity contribution >= 4 is 17.2 Å². The van der Waals surface area contributed by atoms with Crippen molar-refractivity contribution in [2.75, 3.05) is 0 Å². The number of aromatic nitrogens is 2. The van der Waals surface area contributed by atoms with E-state index < -0.39 is 0 Å². The number of pyridine rings is 1. The van der Waals surface area contributed by atoms with Gasteiger partial charge in [-0.3, -0.25) is 9.78 Å². The SMILES string of the molecule is CC(NC(=O)c1c(-n2cccc2)sc2c1CCCC2)c1cccnc1. The maximum Gasteiger partial charge on any atom is 0.255 e. The molecule has 25 heavy (non-hydrogen) atoms. The topological polar surface area (TPSA) is 46.9 Å². The van der Waals surface area contributed by atoms with Crippen LogP contribution in [-0.4, -0.2) is 15.5 Å². The molecule has 3 heterocycles. The van der Waals surface area contributed by atoms with Gasteiger partial charge >= 0.3 is 0 Å². The number of rotatable bonds is 4. The number of carbonyl (C=O) groups excluding carboxylic acids is 1. The number of nitrogens with zero attached hydrogens (tertiary/aromatic N) is 2. The van der Waals surface area contributed by atoms with Gasteiger partial charge in [-0.2, -0.15) is 0 Å². The second kappa shape index (κ2) is 6.84. The molecule has 5 heteroatoms. The number of carbonyl (C=O) groups is 1. The molecule has 1 unspecified atom stereocenters. The van der Waals surface area contributed by atoms with Crippen LogP contribution in [-0.2, 0) is 12.8 Å². The van der Waals surface area contributed by atoms with E-state index in [0.29, 0.717) is 0 Å². The zero-order valence-electron chi connectivity index (χ0n) is 14.2. The highest BCUT2D eigenvalue weighted by Crippen LogP contribution is 2.37. The van der Waals surface area contributed by atoms with Gasteiger partial charge in [-0.15, -0.1) is 11.3 Å². The lowest BCUT2D eigenvalue weighted by molar-refractivity contribution is 0.0939. The van der Waals surface area contributed by atoms with E-state index >= 15 is 0 Å². The van der Waals surface area contributed by atoms with Crippen LogP contribution >= 0.6 is 11.3 Å². The van der Waals surface area contributed by atoms with Crippen LogP contribution in [0.4, 0.5) is 0 Å². The number of fused-ring (bicyclic) bond motifs is 1. The minimum absolute atomic E-state index is 0.0134. The summed E-state index contributed by atoms with van der Waals surface area (Å²) in [5, 5.41) is 4.20.